The van der Waals surface area contributed by atoms with Crippen molar-refractivity contribution >= 4 is 5.91 Å². The van der Waals surface area contributed by atoms with Crippen LogP contribution in [-0.4, -0.2) is 48.7 Å². The number of nitrogens with zero attached hydrogens (tertiary/aromatic N) is 1. The van der Waals surface area contributed by atoms with E-state index in [9.17, 15) is 9.18 Å². The maximum atomic E-state index is 13.7. The predicted molar refractivity (Wildman–Crippen MR) is 78.4 cm³/mol. The molecular formula is C16H19FN2O2. The predicted octanol–water partition coefficient (Wildman–Crippen LogP) is 0.995. The summed E-state index contributed by atoms with van der Waals surface area (Å²) in [5.41, 5.74) is 0.459. The van der Waals surface area contributed by atoms with Crippen molar-refractivity contribution in [3.05, 3.63) is 35.1 Å². The molecule has 1 aromatic carbocycles. The molecule has 4 nitrogen and oxygen atoms in total. The number of carbonyl (C=O) groups excluding carboxylic acids is 1. The molecule has 0 aromatic heterocycles. The van der Waals surface area contributed by atoms with Crippen molar-refractivity contribution in [2.75, 3.05) is 32.8 Å². The van der Waals surface area contributed by atoms with Gasteiger partial charge in [0.2, 0.25) is 0 Å². The quantitative estimate of drug-likeness (QED) is 0.813. The molecule has 1 saturated heterocycles. The third kappa shape index (κ3) is 4.55. The van der Waals surface area contributed by atoms with Crippen LogP contribution >= 0.6 is 0 Å². The maximum Gasteiger partial charge on any atom is 0.251 e. The van der Waals surface area contributed by atoms with Crippen molar-refractivity contribution in [3.8, 4) is 11.8 Å². The number of aliphatic hydroxyl groups is 1. The van der Waals surface area contributed by atoms with Crippen molar-refractivity contribution in [1.82, 2.24) is 10.2 Å². The van der Waals surface area contributed by atoms with Gasteiger partial charge in [0.15, 0.2) is 0 Å². The Balaban J connectivity index is 1.88. The molecule has 0 atom stereocenters. The SMILES string of the molecule is O=C(NCCN1CCCC1)c1ccc(C#CCO)c(F)c1. The molecule has 112 valence electrons. The Kier molecular flexibility index (Phi) is 5.73. The summed E-state index contributed by atoms with van der Waals surface area (Å²) < 4.78 is 13.7. The number of hydrogen-bond acceptors (Lipinski definition) is 3. The minimum absolute atomic E-state index is 0.178. The molecule has 0 saturated carbocycles. The minimum Gasteiger partial charge on any atom is -0.384 e. The molecule has 1 amide bonds. The van der Waals surface area contributed by atoms with Crippen molar-refractivity contribution in [2.24, 2.45) is 0 Å². The highest BCUT2D eigenvalue weighted by Crippen LogP contribution is 2.10. The molecule has 21 heavy (non-hydrogen) atoms. The van der Waals surface area contributed by atoms with E-state index in [1.54, 1.807) is 0 Å². The maximum absolute atomic E-state index is 13.7. The van der Waals surface area contributed by atoms with Gasteiger partial charge in [-0.2, -0.15) is 0 Å². The lowest BCUT2D eigenvalue weighted by Gasteiger charge is -2.14. The number of aliphatic hydroxyl groups excluding tert-OH is 1. The van der Waals surface area contributed by atoms with E-state index in [2.05, 4.69) is 22.1 Å². The van der Waals surface area contributed by atoms with Crippen LogP contribution in [0.25, 0.3) is 0 Å². The molecule has 2 N–H and O–H groups in total. The Morgan fingerprint density at radius 3 is 2.81 bits per heavy atom. The summed E-state index contributed by atoms with van der Waals surface area (Å²) in [7, 11) is 0. The second-order valence-electron chi connectivity index (χ2n) is 4.96. The number of likely N-dealkylation sites (tertiary alicyclic amines) is 1. The fourth-order valence-corrected chi connectivity index (χ4v) is 2.33. The van der Waals surface area contributed by atoms with E-state index >= 15 is 0 Å². The van der Waals surface area contributed by atoms with Crippen molar-refractivity contribution in [1.29, 1.82) is 0 Å². The van der Waals surface area contributed by atoms with E-state index < -0.39 is 5.82 Å². The van der Waals surface area contributed by atoms with E-state index in [-0.39, 0.29) is 23.6 Å². The first-order valence-corrected chi connectivity index (χ1v) is 7.10. The number of hydrogen-bond donors (Lipinski definition) is 2. The summed E-state index contributed by atoms with van der Waals surface area (Å²) in [5, 5.41) is 11.4. The van der Waals surface area contributed by atoms with Crippen LogP contribution in [0.1, 0.15) is 28.8 Å². The highest BCUT2D eigenvalue weighted by molar-refractivity contribution is 5.94. The zero-order valence-corrected chi connectivity index (χ0v) is 11.9. The lowest BCUT2D eigenvalue weighted by molar-refractivity contribution is 0.0949. The fourth-order valence-electron chi connectivity index (χ4n) is 2.33. The Hall–Kier alpha value is -1.90. The Morgan fingerprint density at radius 2 is 2.14 bits per heavy atom. The van der Waals surface area contributed by atoms with Gasteiger partial charge in [0.05, 0.1) is 5.56 Å². The summed E-state index contributed by atoms with van der Waals surface area (Å²) in [6, 6.07) is 4.16. The van der Waals surface area contributed by atoms with Crippen LogP contribution in [-0.2, 0) is 0 Å². The van der Waals surface area contributed by atoms with Crippen molar-refractivity contribution in [3.63, 3.8) is 0 Å². The topological polar surface area (TPSA) is 52.6 Å². The average Bonchev–Trinajstić information content (AvgIpc) is 2.99. The Labute approximate surface area is 124 Å². The normalized spacial score (nSPS) is 14.6. The van der Waals surface area contributed by atoms with Gasteiger partial charge in [0.1, 0.15) is 12.4 Å². The second-order valence-corrected chi connectivity index (χ2v) is 4.96. The van der Waals surface area contributed by atoms with E-state index in [1.165, 1.54) is 31.0 Å². The molecule has 0 aliphatic carbocycles. The molecule has 0 spiro atoms. The van der Waals surface area contributed by atoms with Crippen LogP contribution < -0.4 is 5.32 Å². The van der Waals surface area contributed by atoms with Gasteiger partial charge in [-0.15, -0.1) is 0 Å². The first kappa shape index (κ1) is 15.5. The van der Waals surface area contributed by atoms with Crippen LogP contribution in [0.4, 0.5) is 4.39 Å². The van der Waals surface area contributed by atoms with E-state index in [0.717, 1.165) is 19.6 Å². The molecule has 0 unspecified atom stereocenters. The summed E-state index contributed by atoms with van der Waals surface area (Å²) in [5.74, 6) is 4.04. The fraction of sp³-hybridized carbons (Fsp3) is 0.438. The number of nitrogens with one attached hydrogen (secondary N) is 1. The lowest BCUT2D eigenvalue weighted by Crippen LogP contribution is -2.33. The number of rotatable bonds is 4. The molecule has 2 rings (SSSR count). The van der Waals surface area contributed by atoms with E-state index in [4.69, 9.17) is 5.11 Å². The van der Waals surface area contributed by atoms with Crippen LogP contribution in [0.2, 0.25) is 0 Å². The number of halogens is 1. The van der Waals surface area contributed by atoms with Gasteiger partial charge < -0.3 is 15.3 Å². The van der Waals surface area contributed by atoms with Crippen molar-refractivity contribution in [2.45, 2.75) is 12.8 Å². The molecule has 1 aliphatic heterocycles. The van der Waals surface area contributed by atoms with Gasteiger partial charge in [-0.3, -0.25) is 4.79 Å². The van der Waals surface area contributed by atoms with Gasteiger partial charge in [-0.05, 0) is 44.1 Å². The third-order valence-electron chi connectivity index (χ3n) is 3.45. The van der Waals surface area contributed by atoms with E-state index in [1.807, 2.05) is 0 Å². The number of carbonyl (C=O) groups is 1. The molecule has 5 heteroatoms. The largest absolute Gasteiger partial charge is 0.384 e. The van der Waals surface area contributed by atoms with Gasteiger partial charge in [-0.25, -0.2) is 4.39 Å². The van der Waals surface area contributed by atoms with Gasteiger partial charge in [0.25, 0.3) is 5.91 Å². The van der Waals surface area contributed by atoms with Crippen LogP contribution in [0.3, 0.4) is 0 Å². The number of benzene rings is 1. The lowest BCUT2D eigenvalue weighted by atomic mass is 10.1. The van der Waals surface area contributed by atoms with Crippen LogP contribution in [0, 0.1) is 17.7 Å². The first-order valence-electron chi connectivity index (χ1n) is 7.10. The van der Waals surface area contributed by atoms with E-state index in [0.29, 0.717) is 6.54 Å². The highest BCUT2D eigenvalue weighted by atomic mass is 19.1. The second kappa shape index (κ2) is 7.77. The molecule has 1 aliphatic rings. The zero-order chi connectivity index (χ0) is 15.1. The minimum atomic E-state index is -0.553. The Bertz CT molecular complexity index is 557. The van der Waals surface area contributed by atoms with Gasteiger partial charge >= 0.3 is 0 Å². The molecular weight excluding hydrogens is 271 g/mol. The standard InChI is InChI=1S/C16H19FN2O2/c17-15-12-14(6-5-13(15)4-3-11-20)16(21)18-7-10-19-8-1-2-9-19/h5-6,12,20H,1-2,7-11H2,(H,18,21). The molecule has 1 aromatic rings. The van der Waals surface area contributed by atoms with Gasteiger partial charge in [-0.1, -0.05) is 11.8 Å². The molecule has 0 bridgehead atoms. The number of amides is 1. The summed E-state index contributed by atoms with van der Waals surface area (Å²) >= 11 is 0. The summed E-state index contributed by atoms with van der Waals surface area (Å²) in [4.78, 5) is 14.2. The highest BCUT2D eigenvalue weighted by Gasteiger charge is 2.12. The van der Waals surface area contributed by atoms with Gasteiger partial charge in [0, 0.05) is 18.7 Å². The molecule has 0 radical (unpaired) electrons. The Morgan fingerprint density at radius 1 is 1.38 bits per heavy atom. The monoisotopic (exact) mass is 290 g/mol. The van der Waals surface area contributed by atoms with Crippen LogP contribution in [0.15, 0.2) is 18.2 Å². The molecule has 1 heterocycles. The summed E-state index contributed by atoms with van der Waals surface area (Å²) in [6.45, 7) is 3.24. The first-order chi connectivity index (χ1) is 10.2. The van der Waals surface area contributed by atoms with Crippen molar-refractivity contribution < 1.29 is 14.3 Å². The smallest absolute Gasteiger partial charge is 0.251 e. The summed E-state index contributed by atoms with van der Waals surface area (Å²) in [6.07, 6.45) is 2.44. The average molecular weight is 290 g/mol. The zero-order valence-electron chi connectivity index (χ0n) is 11.9. The van der Waals surface area contributed by atoms with Crippen LogP contribution in [0.5, 0.6) is 0 Å². The molecule has 1 fully saturated rings. The third-order valence-corrected chi connectivity index (χ3v) is 3.45.